The van der Waals surface area contributed by atoms with Crippen LogP contribution in [0.15, 0.2) is 72.8 Å². The number of hydrogen-bond donors (Lipinski definition) is 3. The predicted octanol–water partition coefficient (Wildman–Crippen LogP) is 6.38. The number of carbonyl (C=O) groups is 1. The molecule has 2 amide bonds. The van der Waals surface area contributed by atoms with Crippen molar-refractivity contribution in [1.82, 2.24) is 0 Å². The molecule has 0 unspecified atom stereocenters. The highest BCUT2D eigenvalue weighted by atomic mass is 35.5. The number of nitrogens with one attached hydrogen (secondary N) is 3. The lowest BCUT2D eigenvalue weighted by Crippen LogP contribution is -2.19. The summed E-state index contributed by atoms with van der Waals surface area (Å²) in [5, 5.41) is 9.61. The molecule has 0 aliphatic heterocycles. The zero-order valence-corrected chi connectivity index (χ0v) is 14.6. The van der Waals surface area contributed by atoms with Crippen molar-refractivity contribution in [3.63, 3.8) is 0 Å². The number of rotatable bonds is 4. The van der Waals surface area contributed by atoms with Crippen molar-refractivity contribution in [3.8, 4) is 0 Å². The van der Waals surface area contributed by atoms with Gasteiger partial charge in [-0.15, -0.1) is 0 Å². The normalized spacial score (nSPS) is 10.2. The molecule has 0 aromatic heterocycles. The number of hydrogen-bond acceptors (Lipinski definition) is 2. The van der Waals surface area contributed by atoms with E-state index in [1.54, 1.807) is 18.2 Å². The Balaban J connectivity index is 1.61. The third-order valence-electron chi connectivity index (χ3n) is 3.38. The second-order valence-electron chi connectivity index (χ2n) is 5.27. The SMILES string of the molecule is O=C(Nc1ccc(Nc2ccccc2)cc1)Nc1cc(Cl)ccc1Cl. The maximum Gasteiger partial charge on any atom is 0.323 e. The molecule has 3 aromatic rings. The van der Waals surface area contributed by atoms with Gasteiger partial charge in [0.05, 0.1) is 10.7 Å². The largest absolute Gasteiger partial charge is 0.356 e. The first-order chi connectivity index (χ1) is 12.1. The van der Waals surface area contributed by atoms with Crippen LogP contribution in [0.4, 0.5) is 27.5 Å². The molecular weight excluding hydrogens is 357 g/mol. The fraction of sp³-hybridized carbons (Fsp3) is 0. The van der Waals surface area contributed by atoms with Gasteiger partial charge in [-0.05, 0) is 54.6 Å². The minimum absolute atomic E-state index is 0.395. The summed E-state index contributed by atoms with van der Waals surface area (Å²) in [5.74, 6) is 0. The summed E-state index contributed by atoms with van der Waals surface area (Å²) in [6.07, 6.45) is 0. The molecule has 6 heteroatoms. The van der Waals surface area contributed by atoms with Gasteiger partial charge in [-0.3, -0.25) is 0 Å². The van der Waals surface area contributed by atoms with Crippen molar-refractivity contribution in [2.45, 2.75) is 0 Å². The molecule has 0 heterocycles. The van der Waals surface area contributed by atoms with Crippen LogP contribution in [0.25, 0.3) is 0 Å². The molecule has 0 saturated heterocycles. The smallest absolute Gasteiger partial charge is 0.323 e. The van der Waals surface area contributed by atoms with Crippen molar-refractivity contribution < 1.29 is 4.79 Å². The van der Waals surface area contributed by atoms with Crippen molar-refractivity contribution >= 4 is 52.0 Å². The lowest BCUT2D eigenvalue weighted by atomic mass is 10.2. The summed E-state index contributed by atoms with van der Waals surface area (Å²) in [4.78, 5) is 12.1. The van der Waals surface area contributed by atoms with Crippen LogP contribution in [-0.2, 0) is 0 Å². The highest BCUT2D eigenvalue weighted by molar-refractivity contribution is 6.35. The molecule has 0 radical (unpaired) electrons. The molecule has 3 rings (SSSR count). The lowest BCUT2D eigenvalue weighted by Gasteiger charge is -2.11. The molecule has 25 heavy (non-hydrogen) atoms. The van der Waals surface area contributed by atoms with Crippen molar-refractivity contribution in [2.75, 3.05) is 16.0 Å². The van der Waals surface area contributed by atoms with Gasteiger partial charge in [0.15, 0.2) is 0 Å². The summed E-state index contributed by atoms with van der Waals surface area (Å²) in [6, 6.07) is 21.7. The molecule has 0 atom stereocenters. The number of anilines is 4. The number of para-hydroxylation sites is 1. The topological polar surface area (TPSA) is 53.2 Å². The van der Waals surface area contributed by atoms with E-state index >= 15 is 0 Å². The fourth-order valence-electron chi connectivity index (χ4n) is 2.20. The van der Waals surface area contributed by atoms with Crippen molar-refractivity contribution in [1.29, 1.82) is 0 Å². The summed E-state index contributed by atoms with van der Waals surface area (Å²) >= 11 is 11.9. The molecule has 4 nitrogen and oxygen atoms in total. The Labute approximate surface area is 155 Å². The Morgan fingerprint density at radius 2 is 1.36 bits per heavy atom. The molecule has 0 saturated carbocycles. The van der Waals surface area contributed by atoms with Gasteiger partial charge in [0, 0.05) is 22.1 Å². The Bertz CT molecular complexity index is 868. The standard InChI is InChI=1S/C19H15Cl2N3O/c20-13-6-11-17(21)18(12-13)24-19(25)23-16-9-7-15(8-10-16)22-14-4-2-1-3-5-14/h1-12,22H,(H2,23,24,25). The van der Waals surface area contributed by atoms with Crippen LogP contribution >= 0.6 is 23.2 Å². The second-order valence-corrected chi connectivity index (χ2v) is 6.12. The number of benzene rings is 3. The Hall–Kier alpha value is -2.69. The van der Waals surface area contributed by atoms with Crippen LogP contribution in [0.2, 0.25) is 10.0 Å². The third kappa shape index (κ3) is 4.89. The van der Waals surface area contributed by atoms with Crippen LogP contribution in [0.3, 0.4) is 0 Å². The van der Waals surface area contributed by atoms with E-state index in [9.17, 15) is 4.79 Å². The number of amides is 2. The van der Waals surface area contributed by atoms with Crippen LogP contribution < -0.4 is 16.0 Å². The average Bonchev–Trinajstić information content (AvgIpc) is 2.61. The average molecular weight is 372 g/mol. The van der Waals surface area contributed by atoms with E-state index < -0.39 is 6.03 Å². The first-order valence-electron chi connectivity index (χ1n) is 7.55. The molecule has 0 bridgehead atoms. The third-order valence-corrected chi connectivity index (χ3v) is 3.95. The van der Waals surface area contributed by atoms with E-state index in [0.717, 1.165) is 11.4 Å². The van der Waals surface area contributed by atoms with Gasteiger partial charge < -0.3 is 16.0 Å². The molecule has 3 N–H and O–H groups in total. The van der Waals surface area contributed by atoms with E-state index in [4.69, 9.17) is 23.2 Å². The van der Waals surface area contributed by atoms with Crippen LogP contribution in [0.1, 0.15) is 0 Å². The zero-order valence-electron chi connectivity index (χ0n) is 13.1. The maximum absolute atomic E-state index is 12.1. The van der Waals surface area contributed by atoms with Gasteiger partial charge >= 0.3 is 6.03 Å². The molecule has 0 fully saturated rings. The molecule has 3 aromatic carbocycles. The summed E-state index contributed by atoms with van der Waals surface area (Å²) in [5.41, 5.74) is 3.04. The summed E-state index contributed by atoms with van der Waals surface area (Å²) < 4.78 is 0. The monoisotopic (exact) mass is 371 g/mol. The molecule has 0 aliphatic rings. The number of urea groups is 1. The molecule has 0 spiro atoms. The first-order valence-corrected chi connectivity index (χ1v) is 8.31. The van der Waals surface area contributed by atoms with Crippen molar-refractivity contribution in [2.24, 2.45) is 0 Å². The van der Waals surface area contributed by atoms with Crippen molar-refractivity contribution in [3.05, 3.63) is 82.8 Å². The fourth-order valence-corrected chi connectivity index (χ4v) is 2.54. The molecule has 0 aliphatic carbocycles. The van der Waals surface area contributed by atoms with Gasteiger partial charge in [-0.2, -0.15) is 0 Å². The maximum atomic E-state index is 12.1. The van der Waals surface area contributed by atoms with Gasteiger partial charge in [0.2, 0.25) is 0 Å². The highest BCUT2D eigenvalue weighted by Gasteiger charge is 2.07. The van der Waals surface area contributed by atoms with Crippen LogP contribution in [-0.4, -0.2) is 6.03 Å². The Kier molecular flexibility index (Phi) is 5.43. The quantitative estimate of drug-likeness (QED) is 0.498. The second kappa shape index (κ2) is 7.92. The van der Waals surface area contributed by atoms with Gasteiger partial charge in [0.1, 0.15) is 0 Å². The van der Waals surface area contributed by atoms with E-state index in [2.05, 4.69) is 16.0 Å². The summed E-state index contributed by atoms with van der Waals surface area (Å²) in [6.45, 7) is 0. The van der Waals surface area contributed by atoms with E-state index in [1.807, 2.05) is 54.6 Å². The Morgan fingerprint density at radius 3 is 2.08 bits per heavy atom. The van der Waals surface area contributed by atoms with Gasteiger partial charge in [-0.25, -0.2) is 4.79 Å². The molecule has 126 valence electrons. The first kappa shape index (κ1) is 17.1. The zero-order chi connectivity index (χ0) is 17.6. The van der Waals surface area contributed by atoms with E-state index in [1.165, 1.54) is 0 Å². The molecular formula is C19H15Cl2N3O. The van der Waals surface area contributed by atoms with Gasteiger partial charge in [0.25, 0.3) is 0 Å². The summed E-state index contributed by atoms with van der Waals surface area (Å²) in [7, 11) is 0. The number of halogens is 2. The minimum Gasteiger partial charge on any atom is -0.356 e. The van der Waals surface area contributed by atoms with E-state index in [-0.39, 0.29) is 0 Å². The minimum atomic E-state index is -0.395. The van der Waals surface area contributed by atoms with Gasteiger partial charge in [-0.1, -0.05) is 41.4 Å². The number of carbonyl (C=O) groups excluding carboxylic acids is 1. The predicted molar refractivity (Wildman–Crippen MR) is 105 cm³/mol. The van der Waals surface area contributed by atoms with E-state index in [0.29, 0.717) is 21.4 Å². The highest BCUT2D eigenvalue weighted by Crippen LogP contribution is 2.25. The van der Waals surface area contributed by atoms with Crippen LogP contribution in [0.5, 0.6) is 0 Å². The lowest BCUT2D eigenvalue weighted by molar-refractivity contribution is 0.262. The Morgan fingerprint density at radius 1 is 0.720 bits per heavy atom. The van der Waals surface area contributed by atoms with Crippen LogP contribution in [0, 0.1) is 0 Å².